The molecule has 0 aliphatic carbocycles. The van der Waals surface area contributed by atoms with E-state index in [1.54, 1.807) is 16.9 Å². The molecule has 0 saturated carbocycles. The zero-order chi connectivity index (χ0) is 18.4. The van der Waals surface area contributed by atoms with E-state index in [4.69, 9.17) is 5.26 Å². The first-order valence-corrected chi connectivity index (χ1v) is 8.48. The Morgan fingerprint density at radius 1 is 1.44 bits per heavy atom. The average Bonchev–Trinajstić information content (AvgIpc) is 2.94. The van der Waals surface area contributed by atoms with E-state index in [0.717, 1.165) is 12.8 Å². The summed E-state index contributed by atoms with van der Waals surface area (Å²) in [6.45, 7) is 6.34. The first-order chi connectivity index (χ1) is 11.9. The molecule has 25 heavy (non-hydrogen) atoms. The van der Waals surface area contributed by atoms with Crippen molar-refractivity contribution in [1.29, 1.82) is 5.26 Å². The maximum Gasteiger partial charge on any atom is 0.272 e. The number of aromatic nitrogens is 3. The molecule has 0 unspecified atom stereocenters. The number of nitriles is 1. The fourth-order valence-corrected chi connectivity index (χ4v) is 2.56. The number of carbonyl (C=O) groups is 1. The van der Waals surface area contributed by atoms with E-state index >= 15 is 0 Å². The molecule has 2 N–H and O–H groups in total. The molecule has 0 fully saturated rings. The summed E-state index contributed by atoms with van der Waals surface area (Å²) in [5.74, 6) is -0.317. The molecule has 0 radical (unpaired) electrons. The first kappa shape index (κ1) is 18.9. The second-order valence-electron chi connectivity index (χ2n) is 7.14. The standard InChI is InChI=1S/C18H25N5O2/c1-18(2,3)14(12-24)21-17(25)15-13-8-7-10-20-16(13)23(22-15)11-6-4-5-9-19/h7-8,10,14,24H,4-6,11-12H2,1-3H3,(H,21,25)/t14-/m1/s1. The van der Waals surface area contributed by atoms with Gasteiger partial charge in [0.05, 0.1) is 24.1 Å². The molecular formula is C18H25N5O2. The first-order valence-electron chi connectivity index (χ1n) is 8.48. The molecule has 7 heteroatoms. The summed E-state index contributed by atoms with van der Waals surface area (Å²) in [4.78, 5) is 17.0. The number of aliphatic hydroxyl groups excluding tert-OH is 1. The highest BCUT2D eigenvalue weighted by Crippen LogP contribution is 2.21. The van der Waals surface area contributed by atoms with E-state index in [1.165, 1.54) is 0 Å². The van der Waals surface area contributed by atoms with Crippen molar-refractivity contribution in [2.75, 3.05) is 6.61 Å². The molecule has 2 aromatic rings. The van der Waals surface area contributed by atoms with Gasteiger partial charge < -0.3 is 10.4 Å². The Morgan fingerprint density at radius 3 is 2.84 bits per heavy atom. The van der Waals surface area contributed by atoms with Crippen molar-refractivity contribution < 1.29 is 9.90 Å². The lowest BCUT2D eigenvalue weighted by Gasteiger charge is -2.29. The van der Waals surface area contributed by atoms with Crippen LogP contribution in [0.5, 0.6) is 0 Å². The van der Waals surface area contributed by atoms with E-state index in [0.29, 0.717) is 29.7 Å². The van der Waals surface area contributed by atoms with Gasteiger partial charge in [0.25, 0.3) is 5.91 Å². The number of aryl methyl sites for hydroxylation is 1. The number of carbonyl (C=O) groups excluding carboxylic acids is 1. The monoisotopic (exact) mass is 343 g/mol. The molecular weight excluding hydrogens is 318 g/mol. The van der Waals surface area contributed by atoms with Crippen molar-refractivity contribution in [3.05, 3.63) is 24.0 Å². The number of amides is 1. The van der Waals surface area contributed by atoms with Crippen LogP contribution in [0.4, 0.5) is 0 Å². The van der Waals surface area contributed by atoms with E-state index in [2.05, 4.69) is 21.5 Å². The third-order valence-corrected chi connectivity index (χ3v) is 4.16. The summed E-state index contributed by atoms with van der Waals surface area (Å²) in [6.07, 6.45) is 3.75. The summed E-state index contributed by atoms with van der Waals surface area (Å²) in [5, 5.41) is 26.2. The molecule has 1 amide bonds. The molecule has 0 aromatic carbocycles. The minimum Gasteiger partial charge on any atom is -0.394 e. The number of aliphatic hydroxyl groups is 1. The van der Waals surface area contributed by atoms with Crippen LogP contribution in [0.3, 0.4) is 0 Å². The smallest absolute Gasteiger partial charge is 0.272 e. The Hall–Kier alpha value is -2.46. The predicted octanol–water partition coefficient (Wildman–Crippen LogP) is 2.26. The van der Waals surface area contributed by atoms with Gasteiger partial charge in [-0.1, -0.05) is 20.8 Å². The predicted molar refractivity (Wildman–Crippen MR) is 94.8 cm³/mol. The maximum absolute atomic E-state index is 12.7. The molecule has 2 aromatic heterocycles. The highest BCUT2D eigenvalue weighted by atomic mass is 16.3. The van der Waals surface area contributed by atoms with Gasteiger partial charge >= 0.3 is 0 Å². The van der Waals surface area contributed by atoms with Crippen molar-refractivity contribution in [1.82, 2.24) is 20.1 Å². The van der Waals surface area contributed by atoms with Crippen LogP contribution in [-0.2, 0) is 6.54 Å². The van der Waals surface area contributed by atoms with Crippen LogP contribution in [0.2, 0.25) is 0 Å². The summed E-state index contributed by atoms with van der Waals surface area (Å²) in [7, 11) is 0. The van der Waals surface area contributed by atoms with Gasteiger partial charge in [-0.25, -0.2) is 9.67 Å². The second kappa shape index (κ2) is 8.08. The molecule has 2 heterocycles. The number of fused-ring (bicyclic) bond motifs is 1. The molecule has 134 valence electrons. The maximum atomic E-state index is 12.7. The van der Waals surface area contributed by atoms with Crippen LogP contribution >= 0.6 is 0 Å². The number of rotatable bonds is 7. The molecule has 0 bridgehead atoms. The Labute approximate surface area is 147 Å². The number of nitrogens with one attached hydrogen (secondary N) is 1. The number of hydrogen-bond acceptors (Lipinski definition) is 5. The van der Waals surface area contributed by atoms with Crippen molar-refractivity contribution in [2.45, 2.75) is 52.6 Å². The molecule has 7 nitrogen and oxygen atoms in total. The zero-order valence-corrected chi connectivity index (χ0v) is 15.0. The van der Waals surface area contributed by atoms with E-state index in [-0.39, 0.29) is 24.0 Å². The minimum absolute atomic E-state index is 0.139. The number of hydrogen-bond donors (Lipinski definition) is 2. The lowest BCUT2D eigenvalue weighted by Crippen LogP contribution is -2.46. The molecule has 0 spiro atoms. The number of nitrogens with zero attached hydrogens (tertiary/aromatic N) is 4. The fraction of sp³-hybridized carbons (Fsp3) is 0.556. The highest BCUT2D eigenvalue weighted by Gasteiger charge is 2.27. The van der Waals surface area contributed by atoms with Gasteiger partial charge in [0, 0.05) is 19.2 Å². The summed E-state index contributed by atoms with van der Waals surface area (Å²) >= 11 is 0. The lowest BCUT2D eigenvalue weighted by molar-refractivity contribution is 0.0844. The van der Waals surface area contributed by atoms with Gasteiger partial charge in [-0.2, -0.15) is 10.4 Å². The topological polar surface area (TPSA) is 104 Å². The van der Waals surface area contributed by atoms with Crippen LogP contribution in [0.1, 0.15) is 50.5 Å². The fourth-order valence-electron chi connectivity index (χ4n) is 2.56. The number of unbranched alkanes of at least 4 members (excludes halogenated alkanes) is 2. The Balaban J connectivity index is 2.25. The van der Waals surface area contributed by atoms with Gasteiger partial charge in [-0.05, 0) is 30.4 Å². The SMILES string of the molecule is CC(C)(C)[C@@H](CO)NC(=O)c1nn(CCCCC#N)c2ncccc12. The van der Waals surface area contributed by atoms with Crippen LogP contribution in [0, 0.1) is 16.7 Å². The lowest BCUT2D eigenvalue weighted by atomic mass is 9.87. The van der Waals surface area contributed by atoms with Gasteiger partial charge in [0.2, 0.25) is 0 Å². The van der Waals surface area contributed by atoms with E-state index in [1.807, 2.05) is 26.8 Å². The molecule has 0 aliphatic rings. The van der Waals surface area contributed by atoms with Crippen LogP contribution in [-0.4, -0.2) is 38.4 Å². The Kier molecular flexibility index (Phi) is 6.10. The quantitative estimate of drug-likeness (QED) is 0.751. The molecule has 2 rings (SSSR count). The normalized spacial score (nSPS) is 12.8. The van der Waals surface area contributed by atoms with Gasteiger partial charge in [0.15, 0.2) is 11.3 Å². The van der Waals surface area contributed by atoms with Crippen LogP contribution in [0.25, 0.3) is 11.0 Å². The zero-order valence-electron chi connectivity index (χ0n) is 15.0. The highest BCUT2D eigenvalue weighted by molar-refractivity contribution is 6.04. The largest absolute Gasteiger partial charge is 0.394 e. The van der Waals surface area contributed by atoms with Crippen molar-refractivity contribution >= 4 is 16.9 Å². The van der Waals surface area contributed by atoms with Gasteiger partial charge in [0.1, 0.15) is 0 Å². The number of pyridine rings is 1. The summed E-state index contributed by atoms with van der Waals surface area (Å²) in [5.41, 5.74) is 0.699. The van der Waals surface area contributed by atoms with Gasteiger partial charge in [-0.3, -0.25) is 4.79 Å². The average molecular weight is 343 g/mol. The Bertz CT molecular complexity index is 770. The van der Waals surface area contributed by atoms with Crippen LogP contribution in [0.15, 0.2) is 18.3 Å². The van der Waals surface area contributed by atoms with Crippen LogP contribution < -0.4 is 5.32 Å². The third-order valence-electron chi connectivity index (χ3n) is 4.16. The Morgan fingerprint density at radius 2 is 2.20 bits per heavy atom. The third kappa shape index (κ3) is 4.54. The summed E-state index contributed by atoms with van der Waals surface area (Å²) in [6, 6.07) is 5.35. The van der Waals surface area contributed by atoms with Crippen molar-refractivity contribution in [3.63, 3.8) is 0 Å². The second-order valence-corrected chi connectivity index (χ2v) is 7.14. The minimum atomic E-state index is -0.368. The summed E-state index contributed by atoms with van der Waals surface area (Å²) < 4.78 is 1.71. The van der Waals surface area contributed by atoms with Crippen molar-refractivity contribution in [3.8, 4) is 6.07 Å². The molecule has 0 aliphatic heterocycles. The van der Waals surface area contributed by atoms with E-state index < -0.39 is 0 Å². The molecule has 0 saturated heterocycles. The van der Waals surface area contributed by atoms with Gasteiger partial charge in [-0.15, -0.1) is 0 Å². The van der Waals surface area contributed by atoms with E-state index in [9.17, 15) is 9.90 Å². The van der Waals surface area contributed by atoms with Crippen molar-refractivity contribution in [2.24, 2.45) is 5.41 Å². The molecule has 1 atom stereocenters.